The van der Waals surface area contributed by atoms with Crippen LogP contribution in [0.4, 0.5) is 15.8 Å². The maximum Gasteiger partial charge on any atom is 0.293 e. The second-order valence-electron chi connectivity index (χ2n) is 5.98. The highest BCUT2D eigenvalue weighted by atomic mass is 32.2. The van der Waals surface area contributed by atoms with Crippen molar-refractivity contribution in [1.29, 1.82) is 0 Å². The maximum absolute atomic E-state index is 13.6. The molecule has 140 valence electrons. The molecule has 0 aromatic heterocycles. The Morgan fingerprint density at radius 1 is 1.19 bits per heavy atom. The van der Waals surface area contributed by atoms with Gasteiger partial charge < -0.3 is 5.32 Å². The SMILES string of the molecule is CC(C)NS(=O)(=O)c1ccc(NCCc2ccccc2F)c([N+](=O)[O-])c1. The van der Waals surface area contributed by atoms with Crippen LogP contribution in [-0.4, -0.2) is 25.9 Å². The summed E-state index contributed by atoms with van der Waals surface area (Å²) in [6, 6.07) is 9.59. The van der Waals surface area contributed by atoms with E-state index in [1.165, 1.54) is 18.2 Å². The van der Waals surface area contributed by atoms with E-state index in [1.807, 2.05) is 0 Å². The van der Waals surface area contributed by atoms with Gasteiger partial charge >= 0.3 is 0 Å². The van der Waals surface area contributed by atoms with E-state index in [-0.39, 0.29) is 34.7 Å². The topological polar surface area (TPSA) is 101 Å². The summed E-state index contributed by atoms with van der Waals surface area (Å²) < 4.78 is 40.3. The molecule has 26 heavy (non-hydrogen) atoms. The Morgan fingerprint density at radius 3 is 2.50 bits per heavy atom. The van der Waals surface area contributed by atoms with Crippen LogP contribution in [0.1, 0.15) is 19.4 Å². The summed E-state index contributed by atoms with van der Waals surface area (Å²) in [5.41, 5.74) is 0.308. The molecule has 9 heteroatoms. The number of nitro groups is 1. The highest BCUT2D eigenvalue weighted by Gasteiger charge is 2.22. The number of anilines is 1. The van der Waals surface area contributed by atoms with Crippen LogP contribution in [0.3, 0.4) is 0 Å². The third-order valence-corrected chi connectivity index (χ3v) is 5.19. The lowest BCUT2D eigenvalue weighted by molar-refractivity contribution is -0.384. The van der Waals surface area contributed by atoms with Crippen LogP contribution in [0.25, 0.3) is 0 Å². The largest absolute Gasteiger partial charge is 0.379 e. The second kappa shape index (κ2) is 8.24. The fourth-order valence-corrected chi connectivity index (χ4v) is 3.66. The number of hydrogen-bond acceptors (Lipinski definition) is 5. The van der Waals surface area contributed by atoms with Crippen LogP contribution in [0.15, 0.2) is 47.4 Å². The summed E-state index contributed by atoms with van der Waals surface area (Å²) >= 11 is 0. The normalized spacial score (nSPS) is 11.5. The summed E-state index contributed by atoms with van der Waals surface area (Å²) in [7, 11) is -3.83. The molecule has 0 aliphatic carbocycles. The van der Waals surface area contributed by atoms with Gasteiger partial charge in [-0.25, -0.2) is 17.5 Å². The van der Waals surface area contributed by atoms with Crippen LogP contribution in [0, 0.1) is 15.9 Å². The molecule has 0 amide bonds. The van der Waals surface area contributed by atoms with Gasteiger partial charge in [0.25, 0.3) is 5.69 Å². The van der Waals surface area contributed by atoms with Crippen molar-refractivity contribution < 1.29 is 17.7 Å². The Labute approximate surface area is 151 Å². The highest BCUT2D eigenvalue weighted by Crippen LogP contribution is 2.27. The summed E-state index contributed by atoms with van der Waals surface area (Å²) in [5, 5.41) is 14.2. The van der Waals surface area contributed by atoms with Crippen molar-refractivity contribution in [2.45, 2.75) is 31.2 Å². The van der Waals surface area contributed by atoms with Crippen molar-refractivity contribution in [3.8, 4) is 0 Å². The Morgan fingerprint density at radius 2 is 1.88 bits per heavy atom. The summed E-state index contributed by atoms with van der Waals surface area (Å²) in [4.78, 5) is 10.5. The molecule has 7 nitrogen and oxygen atoms in total. The van der Waals surface area contributed by atoms with E-state index in [9.17, 15) is 22.9 Å². The van der Waals surface area contributed by atoms with Gasteiger partial charge in [0.2, 0.25) is 10.0 Å². The van der Waals surface area contributed by atoms with Gasteiger partial charge in [0.1, 0.15) is 11.5 Å². The van der Waals surface area contributed by atoms with E-state index >= 15 is 0 Å². The van der Waals surface area contributed by atoms with Gasteiger partial charge in [-0.05, 0) is 44.0 Å². The standard InChI is InChI=1S/C17H20FN3O4S/c1-12(2)20-26(24,25)14-7-8-16(17(11-14)21(22)23)19-10-9-13-5-3-4-6-15(13)18/h3-8,11-12,19-20H,9-10H2,1-2H3. The zero-order chi connectivity index (χ0) is 19.3. The Bertz CT molecular complexity index is 901. The van der Waals surface area contributed by atoms with E-state index in [2.05, 4.69) is 10.0 Å². The third-order valence-electron chi connectivity index (χ3n) is 3.53. The van der Waals surface area contributed by atoms with Crippen LogP contribution in [0.2, 0.25) is 0 Å². The van der Waals surface area contributed by atoms with Crippen molar-refractivity contribution >= 4 is 21.4 Å². The molecule has 0 heterocycles. The van der Waals surface area contributed by atoms with Crippen molar-refractivity contribution in [3.63, 3.8) is 0 Å². The zero-order valence-corrected chi connectivity index (χ0v) is 15.2. The maximum atomic E-state index is 13.6. The molecule has 2 aromatic carbocycles. The van der Waals surface area contributed by atoms with Gasteiger partial charge in [-0.2, -0.15) is 0 Å². The van der Waals surface area contributed by atoms with E-state index in [0.717, 1.165) is 6.07 Å². The van der Waals surface area contributed by atoms with Gasteiger partial charge in [-0.15, -0.1) is 0 Å². The van der Waals surface area contributed by atoms with Crippen LogP contribution in [0.5, 0.6) is 0 Å². The minimum atomic E-state index is -3.83. The summed E-state index contributed by atoms with van der Waals surface area (Å²) in [6.07, 6.45) is 0.332. The number of halogens is 1. The first-order valence-corrected chi connectivity index (χ1v) is 9.47. The molecule has 0 aliphatic heterocycles. The molecule has 0 aliphatic rings. The van der Waals surface area contributed by atoms with Crippen molar-refractivity contribution in [2.24, 2.45) is 0 Å². The first kappa shape index (κ1) is 19.8. The Kier molecular flexibility index (Phi) is 6.27. The predicted octanol–water partition coefficient (Wildman–Crippen LogP) is 3.08. The van der Waals surface area contributed by atoms with E-state index in [4.69, 9.17) is 0 Å². The van der Waals surface area contributed by atoms with Crippen molar-refractivity contribution in [2.75, 3.05) is 11.9 Å². The summed E-state index contributed by atoms with van der Waals surface area (Å²) in [6.45, 7) is 3.58. The molecule has 0 saturated heterocycles. The first-order chi connectivity index (χ1) is 12.2. The molecule has 2 aromatic rings. The highest BCUT2D eigenvalue weighted by molar-refractivity contribution is 7.89. The van der Waals surface area contributed by atoms with Gasteiger partial charge in [0.15, 0.2) is 0 Å². The molecule has 2 rings (SSSR count). The first-order valence-electron chi connectivity index (χ1n) is 7.99. The van der Waals surface area contributed by atoms with Crippen molar-refractivity contribution in [3.05, 3.63) is 64.0 Å². The quantitative estimate of drug-likeness (QED) is 0.540. The lowest BCUT2D eigenvalue weighted by Gasteiger charge is -2.12. The fraction of sp³-hybridized carbons (Fsp3) is 0.294. The third kappa shape index (κ3) is 4.99. The van der Waals surface area contributed by atoms with E-state index < -0.39 is 14.9 Å². The second-order valence-corrected chi connectivity index (χ2v) is 7.69. The lowest BCUT2D eigenvalue weighted by atomic mass is 10.1. The zero-order valence-electron chi connectivity index (χ0n) is 14.4. The monoisotopic (exact) mass is 381 g/mol. The van der Waals surface area contributed by atoms with E-state index in [1.54, 1.807) is 32.0 Å². The number of hydrogen-bond donors (Lipinski definition) is 2. The number of nitro benzene ring substituents is 1. The Balaban J connectivity index is 2.19. The molecule has 2 N–H and O–H groups in total. The number of sulfonamides is 1. The van der Waals surface area contributed by atoms with Gasteiger partial charge in [-0.1, -0.05) is 18.2 Å². The number of nitrogens with zero attached hydrogens (tertiary/aromatic N) is 1. The molecule has 0 radical (unpaired) electrons. The number of nitrogens with one attached hydrogen (secondary N) is 2. The molecular formula is C17H20FN3O4S. The van der Waals surface area contributed by atoms with Gasteiger partial charge in [0.05, 0.1) is 9.82 Å². The predicted molar refractivity (Wildman–Crippen MR) is 97.1 cm³/mol. The molecule has 0 unspecified atom stereocenters. The average Bonchev–Trinajstić information content (AvgIpc) is 2.55. The van der Waals surface area contributed by atoms with Gasteiger partial charge in [0, 0.05) is 18.7 Å². The number of rotatable bonds is 8. The molecule has 0 fully saturated rings. The van der Waals surface area contributed by atoms with Gasteiger partial charge in [-0.3, -0.25) is 10.1 Å². The molecule has 0 spiro atoms. The Hall–Kier alpha value is -2.52. The minimum absolute atomic E-state index is 0.176. The fourth-order valence-electron chi connectivity index (χ4n) is 2.39. The van der Waals surface area contributed by atoms with Crippen molar-refractivity contribution in [1.82, 2.24) is 4.72 Å². The minimum Gasteiger partial charge on any atom is -0.379 e. The van der Waals surface area contributed by atoms with Crippen LogP contribution < -0.4 is 10.0 Å². The average molecular weight is 381 g/mol. The molecule has 0 bridgehead atoms. The summed E-state index contributed by atoms with van der Waals surface area (Å²) in [5.74, 6) is -0.343. The van der Waals surface area contributed by atoms with E-state index in [0.29, 0.717) is 12.0 Å². The molecular weight excluding hydrogens is 361 g/mol. The van der Waals surface area contributed by atoms with Crippen LogP contribution in [-0.2, 0) is 16.4 Å². The smallest absolute Gasteiger partial charge is 0.293 e. The lowest BCUT2D eigenvalue weighted by Crippen LogP contribution is -2.30. The molecule has 0 saturated carbocycles. The number of benzene rings is 2. The molecule has 0 atom stereocenters. The van der Waals surface area contributed by atoms with Crippen LogP contribution >= 0.6 is 0 Å².